The molecular formula is C19H26FN3O3. The molecule has 0 radical (unpaired) electrons. The number of ether oxygens (including phenoxy) is 2. The first-order chi connectivity index (χ1) is 12.6. The van der Waals surface area contributed by atoms with Gasteiger partial charge < -0.3 is 14.4 Å². The second-order valence-corrected chi connectivity index (χ2v) is 7.70. The molecule has 1 saturated carbocycles. The highest BCUT2D eigenvalue weighted by Crippen LogP contribution is 2.38. The molecule has 3 fully saturated rings. The number of nitrogens with zero attached hydrogens (tertiary/aromatic N) is 3. The van der Waals surface area contributed by atoms with Crippen LogP contribution in [-0.2, 0) is 20.8 Å². The van der Waals surface area contributed by atoms with E-state index < -0.39 is 11.3 Å². The van der Waals surface area contributed by atoms with Gasteiger partial charge in [0.25, 0.3) is 5.91 Å². The summed E-state index contributed by atoms with van der Waals surface area (Å²) in [6, 6.07) is 4.00. The molecule has 0 bridgehead atoms. The summed E-state index contributed by atoms with van der Waals surface area (Å²) < 4.78 is 26.5. The highest BCUT2D eigenvalue weighted by molar-refractivity contribution is 5.86. The molecule has 6 nitrogen and oxygen atoms in total. The SMILES string of the molecule is O=C(N1CCOC2(COCCN(Cc3ccncc3)C2)C1)C1(F)CCC1. The lowest BCUT2D eigenvalue weighted by Crippen LogP contribution is -2.63. The zero-order valence-electron chi connectivity index (χ0n) is 15.0. The smallest absolute Gasteiger partial charge is 0.260 e. The molecule has 3 heterocycles. The summed E-state index contributed by atoms with van der Waals surface area (Å²) in [5.41, 5.74) is -1.06. The second kappa shape index (κ2) is 7.21. The van der Waals surface area contributed by atoms with Crippen LogP contribution in [0.25, 0.3) is 0 Å². The fourth-order valence-corrected chi connectivity index (χ4v) is 4.05. The first-order valence-corrected chi connectivity index (χ1v) is 9.40. The summed E-state index contributed by atoms with van der Waals surface area (Å²) in [7, 11) is 0. The van der Waals surface area contributed by atoms with Crippen LogP contribution in [0.2, 0.25) is 0 Å². The van der Waals surface area contributed by atoms with Crippen molar-refractivity contribution in [2.24, 2.45) is 0 Å². The van der Waals surface area contributed by atoms with Gasteiger partial charge in [0.1, 0.15) is 5.60 Å². The van der Waals surface area contributed by atoms with Gasteiger partial charge in [-0.15, -0.1) is 0 Å². The molecule has 1 aliphatic carbocycles. The van der Waals surface area contributed by atoms with Crippen molar-refractivity contribution in [2.75, 3.05) is 46.0 Å². The lowest BCUT2D eigenvalue weighted by atomic mass is 9.80. The molecule has 0 aromatic carbocycles. The van der Waals surface area contributed by atoms with Gasteiger partial charge in [-0.05, 0) is 37.0 Å². The van der Waals surface area contributed by atoms with Crippen LogP contribution >= 0.6 is 0 Å². The molecule has 1 aromatic heterocycles. The number of morpholine rings is 1. The van der Waals surface area contributed by atoms with Crippen molar-refractivity contribution in [1.82, 2.24) is 14.8 Å². The summed E-state index contributed by atoms with van der Waals surface area (Å²) in [4.78, 5) is 20.6. The number of rotatable bonds is 3. The zero-order chi connectivity index (χ0) is 18.0. The van der Waals surface area contributed by atoms with Gasteiger partial charge >= 0.3 is 0 Å². The molecule has 2 saturated heterocycles. The topological polar surface area (TPSA) is 54.9 Å². The van der Waals surface area contributed by atoms with Crippen molar-refractivity contribution in [2.45, 2.75) is 37.1 Å². The molecule has 1 unspecified atom stereocenters. The monoisotopic (exact) mass is 363 g/mol. The van der Waals surface area contributed by atoms with Gasteiger partial charge in [0.2, 0.25) is 0 Å². The third-order valence-electron chi connectivity index (χ3n) is 5.65. The lowest BCUT2D eigenvalue weighted by molar-refractivity contribution is -0.174. The molecule has 1 aromatic rings. The van der Waals surface area contributed by atoms with E-state index in [0.717, 1.165) is 19.5 Å². The highest BCUT2D eigenvalue weighted by Gasteiger charge is 2.50. The van der Waals surface area contributed by atoms with E-state index in [1.54, 1.807) is 17.3 Å². The third-order valence-corrected chi connectivity index (χ3v) is 5.65. The summed E-state index contributed by atoms with van der Waals surface area (Å²) in [5, 5.41) is 0. The van der Waals surface area contributed by atoms with Crippen molar-refractivity contribution in [1.29, 1.82) is 0 Å². The van der Waals surface area contributed by atoms with Crippen molar-refractivity contribution in [3.05, 3.63) is 30.1 Å². The van der Waals surface area contributed by atoms with Crippen LogP contribution in [0, 0.1) is 0 Å². The van der Waals surface area contributed by atoms with E-state index in [1.807, 2.05) is 12.1 Å². The molecule has 142 valence electrons. The Morgan fingerprint density at radius 2 is 2.00 bits per heavy atom. The summed E-state index contributed by atoms with van der Waals surface area (Å²) >= 11 is 0. The van der Waals surface area contributed by atoms with Gasteiger partial charge in [-0.1, -0.05) is 0 Å². The van der Waals surface area contributed by atoms with Gasteiger partial charge in [-0.25, -0.2) is 4.39 Å². The second-order valence-electron chi connectivity index (χ2n) is 7.70. The fourth-order valence-electron chi connectivity index (χ4n) is 4.05. The Kier molecular flexibility index (Phi) is 4.94. The van der Waals surface area contributed by atoms with Crippen LogP contribution in [0.4, 0.5) is 4.39 Å². The van der Waals surface area contributed by atoms with E-state index in [2.05, 4.69) is 9.88 Å². The number of hydrogen-bond donors (Lipinski definition) is 0. The minimum atomic E-state index is -1.65. The molecule has 1 amide bonds. The maximum absolute atomic E-state index is 14.6. The zero-order valence-corrected chi connectivity index (χ0v) is 15.0. The van der Waals surface area contributed by atoms with Gasteiger partial charge in [0.05, 0.1) is 26.4 Å². The minimum Gasteiger partial charge on any atom is -0.377 e. The van der Waals surface area contributed by atoms with E-state index in [0.29, 0.717) is 52.3 Å². The van der Waals surface area contributed by atoms with Gasteiger partial charge in [0.15, 0.2) is 5.67 Å². The molecule has 1 atom stereocenters. The molecule has 1 spiro atoms. The predicted molar refractivity (Wildman–Crippen MR) is 93.3 cm³/mol. The average molecular weight is 363 g/mol. The van der Waals surface area contributed by atoms with Gasteiger partial charge in [0, 0.05) is 38.6 Å². The number of aromatic nitrogens is 1. The van der Waals surface area contributed by atoms with Crippen molar-refractivity contribution < 1.29 is 18.7 Å². The number of hydrogen-bond acceptors (Lipinski definition) is 5. The number of halogens is 1. The number of carbonyl (C=O) groups is 1. The van der Waals surface area contributed by atoms with E-state index in [4.69, 9.17) is 9.47 Å². The fraction of sp³-hybridized carbons (Fsp3) is 0.684. The molecule has 2 aliphatic heterocycles. The predicted octanol–water partition coefficient (Wildman–Crippen LogP) is 1.40. The van der Waals surface area contributed by atoms with Crippen LogP contribution in [0.15, 0.2) is 24.5 Å². The van der Waals surface area contributed by atoms with E-state index in [-0.39, 0.29) is 5.91 Å². The summed E-state index contributed by atoms with van der Waals surface area (Å²) in [5.74, 6) is -0.364. The Morgan fingerprint density at radius 3 is 2.73 bits per heavy atom. The first kappa shape index (κ1) is 17.8. The van der Waals surface area contributed by atoms with E-state index in [1.165, 1.54) is 5.56 Å². The van der Waals surface area contributed by atoms with Crippen LogP contribution in [-0.4, -0.2) is 78.0 Å². The first-order valence-electron chi connectivity index (χ1n) is 9.40. The Balaban J connectivity index is 1.45. The maximum Gasteiger partial charge on any atom is 0.260 e. The van der Waals surface area contributed by atoms with E-state index in [9.17, 15) is 9.18 Å². The van der Waals surface area contributed by atoms with Crippen LogP contribution in [0.5, 0.6) is 0 Å². The van der Waals surface area contributed by atoms with Crippen LogP contribution in [0.3, 0.4) is 0 Å². The molecule has 26 heavy (non-hydrogen) atoms. The van der Waals surface area contributed by atoms with Crippen LogP contribution in [0.1, 0.15) is 24.8 Å². The van der Waals surface area contributed by atoms with Gasteiger partial charge in [-0.2, -0.15) is 0 Å². The molecule has 0 N–H and O–H groups in total. The van der Waals surface area contributed by atoms with Crippen molar-refractivity contribution in [3.8, 4) is 0 Å². The van der Waals surface area contributed by atoms with Gasteiger partial charge in [-0.3, -0.25) is 14.7 Å². The average Bonchev–Trinajstić information content (AvgIpc) is 2.82. The Hall–Kier alpha value is -1.57. The Labute approximate surface area is 153 Å². The summed E-state index contributed by atoms with van der Waals surface area (Å²) in [6.07, 6.45) is 5.06. The number of pyridine rings is 1. The largest absolute Gasteiger partial charge is 0.377 e. The normalized spacial score (nSPS) is 29.2. The number of carbonyl (C=O) groups excluding carboxylic acids is 1. The Bertz CT molecular complexity index is 640. The number of alkyl halides is 1. The maximum atomic E-state index is 14.6. The quantitative estimate of drug-likeness (QED) is 0.813. The molecule has 7 heteroatoms. The van der Waals surface area contributed by atoms with Crippen molar-refractivity contribution >= 4 is 5.91 Å². The molecule has 3 aliphatic rings. The van der Waals surface area contributed by atoms with Crippen molar-refractivity contribution in [3.63, 3.8) is 0 Å². The lowest BCUT2D eigenvalue weighted by Gasteiger charge is -2.46. The summed E-state index contributed by atoms with van der Waals surface area (Å²) in [6.45, 7) is 4.57. The van der Waals surface area contributed by atoms with Crippen LogP contribution < -0.4 is 0 Å². The van der Waals surface area contributed by atoms with E-state index >= 15 is 0 Å². The third kappa shape index (κ3) is 3.61. The minimum absolute atomic E-state index is 0.348. The highest BCUT2D eigenvalue weighted by atomic mass is 19.1. The standard InChI is InChI=1S/C19H26FN3O3/c20-19(4-1-5-19)17(24)23-9-11-26-18(14-23)13-22(8-10-25-15-18)12-16-2-6-21-7-3-16/h2-3,6-7H,1,4-5,8-15H2. The Morgan fingerprint density at radius 1 is 1.19 bits per heavy atom. The molecule has 4 rings (SSSR count). The molecular weight excluding hydrogens is 337 g/mol. The number of amides is 1.